The smallest absolute Gasteiger partial charge is 0.335 e. The fraction of sp³-hybridized carbons (Fsp3) is 0.220. The summed E-state index contributed by atoms with van der Waals surface area (Å²) in [7, 11) is 3.28. The second-order valence-corrected chi connectivity index (χ2v) is 14.2. The Kier molecular flexibility index (Phi) is 12.9. The molecule has 0 aliphatic heterocycles. The number of oxazole rings is 1. The molecule has 7 rings (SSSR count). The number of nitrogens with zero attached hydrogens (tertiary/aromatic N) is 4. The molecule has 0 saturated heterocycles. The summed E-state index contributed by atoms with van der Waals surface area (Å²) in [6.07, 6.45) is 10.3. The van der Waals surface area contributed by atoms with Gasteiger partial charge >= 0.3 is 11.9 Å². The van der Waals surface area contributed by atoms with Gasteiger partial charge in [-0.05, 0) is 98.3 Å². The lowest BCUT2D eigenvalue weighted by Crippen LogP contribution is -2.25. The average molecular weight is 781 g/mol. The van der Waals surface area contributed by atoms with E-state index in [4.69, 9.17) is 23.7 Å². The molecule has 0 atom stereocenters. The van der Waals surface area contributed by atoms with Crippen molar-refractivity contribution < 1.29 is 38.4 Å². The van der Waals surface area contributed by atoms with Crippen LogP contribution in [-0.2, 0) is 13.1 Å². The molecular formula is C41H40N4O8S2. The molecule has 55 heavy (non-hydrogen) atoms. The monoisotopic (exact) mass is 780 g/mol. The minimum atomic E-state index is -0.977. The van der Waals surface area contributed by atoms with Crippen LogP contribution < -0.4 is 24.0 Å². The molecule has 2 heterocycles. The van der Waals surface area contributed by atoms with Gasteiger partial charge in [-0.15, -0.1) is 23.1 Å². The van der Waals surface area contributed by atoms with Gasteiger partial charge in [0, 0.05) is 39.9 Å². The third-order valence-electron chi connectivity index (χ3n) is 8.91. The lowest BCUT2D eigenvalue weighted by molar-refractivity contribution is 0.0686. The van der Waals surface area contributed by atoms with Gasteiger partial charge in [0.15, 0.2) is 17.9 Å². The Morgan fingerprint density at radius 2 is 1.45 bits per heavy atom. The number of benzene rings is 4. The minimum absolute atomic E-state index is 0.206. The first kappa shape index (κ1) is 38.7. The Labute approximate surface area is 327 Å². The highest BCUT2D eigenvalue weighted by Crippen LogP contribution is 2.39. The zero-order valence-electron chi connectivity index (χ0n) is 30.5. The molecule has 1 aliphatic carbocycles. The molecule has 1 fully saturated rings. The number of carboxylic acid groups (broad SMARTS) is 2. The van der Waals surface area contributed by atoms with Crippen LogP contribution >= 0.6 is 23.1 Å². The van der Waals surface area contributed by atoms with Gasteiger partial charge in [-0.2, -0.15) is 0 Å². The summed E-state index contributed by atoms with van der Waals surface area (Å²) < 4.78 is 22.4. The number of hydrogen-bond donors (Lipinski definition) is 2. The summed E-state index contributed by atoms with van der Waals surface area (Å²) in [4.78, 5) is 37.0. The number of rotatable bonds is 15. The summed E-state index contributed by atoms with van der Waals surface area (Å²) in [6, 6.07) is 25.4. The van der Waals surface area contributed by atoms with E-state index in [1.54, 1.807) is 73.8 Å². The number of carbonyl (C=O) groups is 2. The fourth-order valence-electron chi connectivity index (χ4n) is 5.79. The van der Waals surface area contributed by atoms with Crippen molar-refractivity contribution in [2.45, 2.75) is 43.4 Å². The van der Waals surface area contributed by atoms with Crippen LogP contribution in [0.25, 0.3) is 0 Å². The average Bonchev–Trinajstić information content (AvgIpc) is 3.92. The Morgan fingerprint density at radius 3 is 2.05 bits per heavy atom. The van der Waals surface area contributed by atoms with Gasteiger partial charge in [-0.1, -0.05) is 6.07 Å². The van der Waals surface area contributed by atoms with Gasteiger partial charge < -0.3 is 38.6 Å². The number of carboxylic acids is 2. The molecule has 6 aromatic rings. The number of aromatic carboxylic acids is 2. The van der Waals surface area contributed by atoms with Crippen molar-refractivity contribution >= 4 is 57.8 Å². The first-order valence-corrected chi connectivity index (χ1v) is 19.4. The molecule has 14 heteroatoms. The van der Waals surface area contributed by atoms with Crippen molar-refractivity contribution in [3.8, 4) is 17.2 Å². The standard InChI is InChI=1S/C22H22N2O5.C19H18N2O3S2/c1-27-20-9-8-17(11-21(20)29-18-6-3-7-18)24(13-19-12-23-14-28-19)16-5-2-4-15(10-16)22(25)26;1-24-17-8-7-15(9-18(17)25-2)21(11-16-10-20-12-26-16)14-5-3-13(4-6-14)19(22)23/h2,4-5,8-12,14,18H,3,6-7,13H2,1H3,(H,25,26);3-10,12H,11H2,1-2H3,(H,22,23). The van der Waals surface area contributed by atoms with Crippen LogP contribution in [0.15, 0.2) is 119 Å². The van der Waals surface area contributed by atoms with Gasteiger partial charge in [0.2, 0.25) is 0 Å². The topological polar surface area (TPSA) is 148 Å². The Hall–Kier alpha value is -5.99. The molecule has 4 aromatic carbocycles. The highest BCUT2D eigenvalue weighted by atomic mass is 32.2. The van der Waals surface area contributed by atoms with E-state index in [1.807, 2.05) is 71.4 Å². The minimum Gasteiger partial charge on any atom is -0.496 e. The molecule has 0 unspecified atom stereocenters. The number of hydrogen-bond acceptors (Lipinski definition) is 12. The van der Waals surface area contributed by atoms with Crippen molar-refractivity contribution in [2.75, 3.05) is 30.3 Å². The molecule has 0 bridgehead atoms. The quantitative estimate of drug-likeness (QED) is 0.0954. The zero-order valence-corrected chi connectivity index (χ0v) is 32.1. The molecule has 0 radical (unpaired) electrons. The van der Waals surface area contributed by atoms with Crippen molar-refractivity contribution in [1.82, 2.24) is 9.97 Å². The molecule has 2 aromatic heterocycles. The molecule has 1 aliphatic rings. The van der Waals surface area contributed by atoms with E-state index in [2.05, 4.69) is 20.9 Å². The van der Waals surface area contributed by atoms with Crippen molar-refractivity contribution in [3.63, 3.8) is 0 Å². The van der Waals surface area contributed by atoms with E-state index in [0.717, 1.165) is 51.1 Å². The van der Waals surface area contributed by atoms with Crippen molar-refractivity contribution in [1.29, 1.82) is 0 Å². The summed E-state index contributed by atoms with van der Waals surface area (Å²) >= 11 is 3.21. The lowest BCUT2D eigenvalue weighted by atomic mass is 9.96. The molecule has 0 amide bonds. The maximum absolute atomic E-state index is 11.4. The molecule has 0 spiro atoms. The van der Waals surface area contributed by atoms with Crippen LogP contribution in [0.3, 0.4) is 0 Å². The van der Waals surface area contributed by atoms with Crippen LogP contribution in [0, 0.1) is 0 Å². The summed E-state index contributed by atoms with van der Waals surface area (Å²) in [5.41, 5.74) is 5.77. The van der Waals surface area contributed by atoms with Crippen LogP contribution in [0.1, 0.15) is 50.6 Å². The number of aromatic nitrogens is 2. The molecule has 2 N–H and O–H groups in total. The van der Waals surface area contributed by atoms with Gasteiger partial charge in [-0.3, -0.25) is 4.98 Å². The van der Waals surface area contributed by atoms with Gasteiger partial charge in [0.05, 0.1) is 61.1 Å². The van der Waals surface area contributed by atoms with E-state index in [-0.39, 0.29) is 17.2 Å². The molecule has 1 saturated carbocycles. The van der Waals surface area contributed by atoms with Crippen molar-refractivity contribution in [2.24, 2.45) is 0 Å². The van der Waals surface area contributed by atoms with E-state index in [0.29, 0.717) is 30.3 Å². The SMILES string of the molecule is COc1ccc(N(Cc2cnco2)c2cccc(C(=O)O)c2)cc1OC1CCC1.COc1ccc(N(Cc2cncs2)c2ccc(C(=O)O)cc2)cc1SC. The predicted molar refractivity (Wildman–Crippen MR) is 213 cm³/mol. The number of methoxy groups -OCH3 is 2. The third-order valence-corrected chi connectivity index (χ3v) is 10.4. The maximum Gasteiger partial charge on any atom is 0.335 e. The highest BCUT2D eigenvalue weighted by Gasteiger charge is 2.23. The third kappa shape index (κ3) is 9.77. The van der Waals surface area contributed by atoms with Crippen LogP contribution in [-0.4, -0.2) is 58.7 Å². The van der Waals surface area contributed by atoms with Crippen LogP contribution in [0.4, 0.5) is 22.7 Å². The largest absolute Gasteiger partial charge is 0.496 e. The zero-order chi connectivity index (χ0) is 38.7. The number of thioether (sulfide) groups is 1. The van der Waals surface area contributed by atoms with E-state index >= 15 is 0 Å². The van der Waals surface area contributed by atoms with Crippen LogP contribution in [0.2, 0.25) is 0 Å². The number of thiazole rings is 1. The Balaban J connectivity index is 0.000000188. The van der Waals surface area contributed by atoms with Gasteiger partial charge in [-0.25, -0.2) is 14.6 Å². The summed E-state index contributed by atoms with van der Waals surface area (Å²) in [6.45, 7) is 1.04. The number of anilines is 4. The first-order chi connectivity index (χ1) is 26.8. The summed E-state index contributed by atoms with van der Waals surface area (Å²) in [5, 5.41) is 18.5. The molecule has 12 nitrogen and oxygen atoms in total. The Bertz CT molecular complexity index is 2180. The second kappa shape index (κ2) is 18.4. The summed E-state index contributed by atoms with van der Waals surface area (Å²) in [5.74, 6) is 0.921. The van der Waals surface area contributed by atoms with Gasteiger partial charge in [0.25, 0.3) is 0 Å². The van der Waals surface area contributed by atoms with Crippen molar-refractivity contribution in [3.05, 3.63) is 131 Å². The van der Waals surface area contributed by atoms with Crippen LogP contribution in [0.5, 0.6) is 17.2 Å². The normalized spacial score (nSPS) is 12.1. The highest BCUT2D eigenvalue weighted by molar-refractivity contribution is 7.98. The first-order valence-electron chi connectivity index (χ1n) is 17.3. The second-order valence-electron chi connectivity index (χ2n) is 12.4. The van der Waals surface area contributed by atoms with E-state index in [9.17, 15) is 14.7 Å². The van der Waals surface area contributed by atoms with E-state index < -0.39 is 11.9 Å². The fourth-order valence-corrected chi connectivity index (χ4v) is 6.97. The Morgan fingerprint density at radius 1 is 0.782 bits per heavy atom. The van der Waals surface area contributed by atoms with Gasteiger partial charge in [0.1, 0.15) is 11.5 Å². The lowest BCUT2D eigenvalue weighted by Gasteiger charge is -2.29. The maximum atomic E-state index is 11.4. The molecule has 284 valence electrons. The molecular weight excluding hydrogens is 741 g/mol. The predicted octanol–water partition coefficient (Wildman–Crippen LogP) is 9.56. The number of ether oxygens (including phenoxy) is 3. The van der Waals surface area contributed by atoms with E-state index in [1.165, 1.54) is 12.8 Å².